The van der Waals surface area contributed by atoms with Crippen molar-refractivity contribution in [1.29, 1.82) is 0 Å². The zero-order chi connectivity index (χ0) is 18.1. The number of imidazole rings is 1. The minimum absolute atomic E-state index is 0.154. The lowest BCUT2D eigenvalue weighted by molar-refractivity contribution is 0.0822. The van der Waals surface area contributed by atoms with E-state index >= 15 is 0 Å². The molecule has 3 aromatic heterocycles. The molecule has 26 heavy (non-hydrogen) atoms. The van der Waals surface area contributed by atoms with E-state index < -0.39 is 0 Å². The molecule has 0 atom stereocenters. The van der Waals surface area contributed by atoms with E-state index in [4.69, 9.17) is 9.72 Å². The number of carbonyl (C=O) groups is 1. The first-order valence-electron chi connectivity index (χ1n) is 8.35. The average Bonchev–Trinajstić information content (AvgIpc) is 3.21. The van der Waals surface area contributed by atoms with Crippen LogP contribution in [-0.4, -0.2) is 75.7 Å². The first-order valence-corrected chi connectivity index (χ1v) is 8.35. The Morgan fingerprint density at radius 1 is 1.15 bits per heavy atom. The monoisotopic (exact) mass is 353 g/mol. The van der Waals surface area contributed by atoms with Gasteiger partial charge in [0.15, 0.2) is 5.82 Å². The van der Waals surface area contributed by atoms with Crippen LogP contribution in [0.2, 0.25) is 0 Å². The highest BCUT2D eigenvalue weighted by molar-refractivity contribution is 5.96. The van der Waals surface area contributed by atoms with E-state index in [0.29, 0.717) is 54.8 Å². The number of pyridine rings is 1. The van der Waals surface area contributed by atoms with E-state index in [0.717, 1.165) is 0 Å². The van der Waals surface area contributed by atoms with Crippen LogP contribution in [0.15, 0.2) is 30.9 Å². The van der Waals surface area contributed by atoms with Gasteiger partial charge in [0.2, 0.25) is 5.95 Å². The van der Waals surface area contributed by atoms with Gasteiger partial charge in [-0.3, -0.25) is 9.36 Å². The van der Waals surface area contributed by atoms with E-state index in [1.54, 1.807) is 43.4 Å². The molecule has 0 unspecified atom stereocenters. The lowest BCUT2D eigenvalue weighted by Crippen LogP contribution is -2.37. The second kappa shape index (κ2) is 6.68. The van der Waals surface area contributed by atoms with Gasteiger partial charge in [0.05, 0.1) is 18.7 Å². The summed E-state index contributed by atoms with van der Waals surface area (Å²) in [5.74, 6) is 1.07. The Labute approximate surface area is 150 Å². The van der Waals surface area contributed by atoms with Crippen molar-refractivity contribution < 1.29 is 9.53 Å². The Balaban J connectivity index is 1.89. The van der Waals surface area contributed by atoms with Crippen molar-refractivity contribution in [3.63, 3.8) is 0 Å². The number of hydrogen-bond acceptors (Lipinski definition) is 7. The Hall–Kier alpha value is -3.07. The molecule has 9 nitrogen and oxygen atoms in total. The molecule has 0 radical (unpaired) electrons. The average molecular weight is 353 g/mol. The maximum atomic E-state index is 12.3. The summed E-state index contributed by atoms with van der Waals surface area (Å²) in [6, 6.07) is 3.50. The van der Waals surface area contributed by atoms with Crippen molar-refractivity contribution in [2.24, 2.45) is 0 Å². The SMILES string of the molecule is CN(C)C(=O)c1ccc2nc(-n3ccnc3)nc(N3CCOCC3)c2n1. The van der Waals surface area contributed by atoms with Gasteiger partial charge in [-0.1, -0.05) is 0 Å². The van der Waals surface area contributed by atoms with Gasteiger partial charge in [0.25, 0.3) is 5.91 Å². The van der Waals surface area contributed by atoms with Crippen LogP contribution >= 0.6 is 0 Å². The summed E-state index contributed by atoms with van der Waals surface area (Å²) in [6.07, 6.45) is 5.13. The third kappa shape index (κ3) is 2.97. The lowest BCUT2D eigenvalue weighted by atomic mass is 10.2. The minimum Gasteiger partial charge on any atom is -0.378 e. The highest BCUT2D eigenvalue weighted by atomic mass is 16.5. The van der Waals surface area contributed by atoms with Gasteiger partial charge in [-0.05, 0) is 12.1 Å². The molecule has 4 rings (SSSR count). The molecule has 0 aliphatic carbocycles. The van der Waals surface area contributed by atoms with Crippen LogP contribution in [0.25, 0.3) is 17.0 Å². The number of morpholine rings is 1. The van der Waals surface area contributed by atoms with E-state index in [9.17, 15) is 4.79 Å². The quantitative estimate of drug-likeness (QED) is 0.686. The second-order valence-electron chi connectivity index (χ2n) is 6.18. The number of nitrogens with zero attached hydrogens (tertiary/aromatic N) is 7. The number of rotatable bonds is 3. The topological polar surface area (TPSA) is 89.3 Å². The zero-order valence-electron chi connectivity index (χ0n) is 14.7. The van der Waals surface area contributed by atoms with Crippen molar-refractivity contribution in [3.05, 3.63) is 36.5 Å². The van der Waals surface area contributed by atoms with E-state index in [1.165, 1.54) is 4.90 Å². The van der Waals surface area contributed by atoms with Gasteiger partial charge < -0.3 is 14.5 Å². The summed E-state index contributed by atoms with van der Waals surface area (Å²) in [5, 5.41) is 0. The smallest absolute Gasteiger partial charge is 0.271 e. The molecule has 1 fully saturated rings. The van der Waals surface area contributed by atoms with Crippen LogP contribution in [0.3, 0.4) is 0 Å². The number of carbonyl (C=O) groups excluding carboxylic acids is 1. The lowest BCUT2D eigenvalue weighted by Gasteiger charge is -2.28. The van der Waals surface area contributed by atoms with Crippen LogP contribution in [0.5, 0.6) is 0 Å². The van der Waals surface area contributed by atoms with Crippen LogP contribution in [0.4, 0.5) is 5.82 Å². The van der Waals surface area contributed by atoms with E-state index in [2.05, 4.69) is 19.9 Å². The third-order valence-corrected chi connectivity index (χ3v) is 4.18. The maximum absolute atomic E-state index is 12.3. The highest BCUT2D eigenvalue weighted by Gasteiger charge is 2.20. The molecule has 9 heteroatoms. The van der Waals surface area contributed by atoms with Crippen molar-refractivity contribution in [2.75, 3.05) is 45.3 Å². The normalized spacial score (nSPS) is 14.6. The molecule has 0 aromatic carbocycles. The summed E-state index contributed by atoms with van der Waals surface area (Å²) in [6.45, 7) is 2.68. The molecule has 1 aliphatic heterocycles. The minimum atomic E-state index is -0.154. The van der Waals surface area contributed by atoms with Crippen LogP contribution < -0.4 is 4.90 Å². The predicted molar refractivity (Wildman–Crippen MR) is 95.5 cm³/mol. The van der Waals surface area contributed by atoms with Crippen LogP contribution in [-0.2, 0) is 4.74 Å². The Morgan fingerprint density at radius 2 is 1.96 bits per heavy atom. The van der Waals surface area contributed by atoms with E-state index in [-0.39, 0.29) is 5.91 Å². The maximum Gasteiger partial charge on any atom is 0.271 e. The summed E-state index contributed by atoms with van der Waals surface area (Å²) < 4.78 is 7.20. The van der Waals surface area contributed by atoms with Crippen LogP contribution in [0, 0.1) is 0 Å². The molecule has 3 aromatic rings. The fourth-order valence-corrected chi connectivity index (χ4v) is 2.82. The summed E-state index contributed by atoms with van der Waals surface area (Å²) in [5.41, 5.74) is 1.67. The summed E-state index contributed by atoms with van der Waals surface area (Å²) in [7, 11) is 3.41. The Bertz CT molecular complexity index is 934. The fraction of sp³-hybridized carbons (Fsp3) is 0.353. The van der Waals surface area contributed by atoms with Crippen molar-refractivity contribution in [1.82, 2.24) is 29.4 Å². The van der Waals surface area contributed by atoms with Gasteiger partial charge in [0.1, 0.15) is 17.5 Å². The summed E-state index contributed by atoms with van der Waals surface area (Å²) in [4.78, 5) is 33.8. The molecule has 0 N–H and O–H groups in total. The molecular formula is C17H19N7O2. The first kappa shape index (κ1) is 16.4. The highest BCUT2D eigenvalue weighted by Crippen LogP contribution is 2.25. The zero-order valence-corrected chi connectivity index (χ0v) is 14.7. The molecule has 0 saturated carbocycles. The Kier molecular flexibility index (Phi) is 4.21. The number of ether oxygens (including phenoxy) is 1. The molecule has 1 aliphatic rings. The standard InChI is InChI=1S/C17H19N7O2/c1-22(2)16(25)13-4-3-12-14(19-13)15(23-7-9-26-10-8-23)21-17(20-12)24-6-5-18-11-24/h3-6,11H,7-10H2,1-2H3. The van der Waals surface area contributed by atoms with Crippen LogP contribution in [0.1, 0.15) is 10.5 Å². The van der Waals surface area contributed by atoms with Gasteiger partial charge >= 0.3 is 0 Å². The first-order chi connectivity index (χ1) is 12.6. The number of hydrogen-bond donors (Lipinski definition) is 0. The number of aromatic nitrogens is 5. The third-order valence-electron chi connectivity index (χ3n) is 4.18. The molecule has 1 amide bonds. The molecule has 0 bridgehead atoms. The van der Waals surface area contributed by atoms with Crippen molar-refractivity contribution in [2.45, 2.75) is 0 Å². The van der Waals surface area contributed by atoms with Gasteiger partial charge in [-0.25, -0.2) is 15.0 Å². The van der Waals surface area contributed by atoms with Gasteiger partial charge in [-0.15, -0.1) is 0 Å². The number of fused-ring (bicyclic) bond motifs is 1. The van der Waals surface area contributed by atoms with Gasteiger partial charge in [-0.2, -0.15) is 4.98 Å². The fourth-order valence-electron chi connectivity index (χ4n) is 2.82. The molecule has 0 spiro atoms. The number of amides is 1. The molecule has 4 heterocycles. The molecule has 134 valence electrons. The van der Waals surface area contributed by atoms with Gasteiger partial charge in [0, 0.05) is 39.6 Å². The summed E-state index contributed by atoms with van der Waals surface area (Å²) >= 11 is 0. The predicted octanol–water partition coefficient (Wildman–Crippen LogP) is 0.749. The number of anilines is 1. The van der Waals surface area contributed by atoms with Crippen molar-refractivity contribution >= 4 is 22.8 Å². The molecule has 1 saturated heterocycles. The van der Waals surface area contributed by atoms with Crippen molar-refractivity contribution in [3.8, 4) is 5.95 Å². The molecular weight excluding hydrogens is 334 g/mol. The second-order valence-corrected chi connectivity index (χ2v) is 6.18. The largest absolute Gasteiger partial charge is 0.378 e. The van der Waals surface area contributed by atoms with E-state index in [1.807, 2.05) is 6.07 Å². The Morgan fingerprint density at radius 3 is 2.65 bits per heavy atom.